The fraction of sp³-hybridized carbons (Fsp3) is 0.261. The van der Waals surface area contributed by atoms with Crippen LogP contribution in [-0.4, -0.2) is 51.1 Å². The van der Waals surface area contributed by atoms with Crippen LogP contribution in [0.2, 0.25) is 0 Å². The Morgan fingerprint density at radius 1 is 0.969 bits per heavy atom. The number of aromatic amines is 1. The molecule has 0 radical (unpaired) electrons. The molecule has 0 aliphatic carbocycles. The topological polar surface area (TPSA) is 158 Å². The number of rotatable bonds is 9. The molecule has 0 unspecified atom stereocenters. The van der Waals surface area contributed by atoms with E-state index in [0.717, 1.165) is 16.5 Å². The average Bonchev–Trinajstić information content (AvgIpc) is 3.17. The molecule has 3 aromatic rings. The molecule has 3 atom stereocenters. The summed E-state index contributed by atoms with van der Waals surface area (Å²) in [5.41, 5.74) is 7.91. The highest BCUT2D eigenvalue weighted by Crippen LogP contribution is 2.19. The largest absolute Gasteiger partial charge is 0.508 e. The van der Waals surface area contributed by atoms with Gasteiger partial charge in [0.1, 0.15) is 17.8 Å². The van der Waals surface area contributed by atoms with Gasteiger partial charge in [-0.2, -0.15) is 0 Å². The van der Waals surface area contributed by atoms with Crippen molar-refractivity contribution in [2.45, 2.75) is 37.9 Å². The van der Waals surface area contributed by atoms with Gasteiger partial charge in [0.15, 0.2) is 0 Å². The Hall–Kier alpha value is -3.85. The lowest BCUT2D eigenvalue weighted by atomic mass is 10.0. The summed E-state index contributed by atoms with van der Waals surface area (Å²) in [5, 5.41) is 25.2. The van der Waals surface area contributed by atoms with Crippen molar-refractivity contribution in [3.8, 4) is 5.75 Å². The van der Waals surface area contributed by atoms with Crippen LogP contribution in [0.1, 0.15) is 18.1 Å². The predicted octanol–water partition coefficient (Wildman–Crippen LogP) is 1.06. The molecule has 7 N–H and O–H groups in total. The molecule has 0 aliphatic heterocycles. The second kappa shape index (κ2) is 9.97. The summed E-state index contributed by atoms with van der Waals surface area (Å²) < 4.78 is 0. The van der Waals surface area contributed by atoms with Gasteiger partial charge in [0.2, 0.25) is 11.8 Å². The quantitative estimate of drug-likeness (QED) is 0.293. The number of hydrogen-bond donors (Lipinski definition) is 6. The number of carboxylic acids is 1. The van der Waals surface area contributed by atoms with E-state index in [2.05, 4.69) is 15.6 Å². The SMILES string of the molecule is C[C@H](N)C(=O)N[C@@H](Cc1ccc(O)cc1)C(=O)N[C@@H](Cc1c[nH]c2ccccc12)C(=O)O. The number of carbonyl (C=O) groups excluding carboxylic acids is 2. The number of aliphatic carboxylic acids is 1. The lowest BCUT2D eigenvalue weighted by Gasteiger charge is -2.22. The molecule has 3 rings (SSSR count). The average molecular weight is 438 g/mol. The number of para-hydroxylation sites is 1. The molecule has 9 nitrogen and oxygen atoms in total. The molecule has 2 aromatic carbocycles. The van der Waals surface area contributed by atoms with Crippen molar-refractivity contribution < 1.29 is 24.6 Å². The van der Waals surface area contributed by atoms with Crippen LogP contribution in [0.4, 0.5) is 0 Å². The highest BCUT2D eigenvalue weighted by atomic mass is 16.4. The van der Waals surface area contributed by atoms with E-state index in [1.165, 1.54) is 19.1 Å². The first kappa shape index (κ1) is 22.8. The van der Waals surface area contributed by atoms with E-state index in [1.54, 1.807) is 18.3 Å². The van der Waals surface area contributed by atoms with Gasteiger partial charge in [-0.15, -0.1) is 0 Å². The van der Waals surface area contributed by atoms with E-state index in [9.17, 15) is 24.6 Å². The van der Waals surface area contributed by atoms with Gasteiger partial charge in [0.05, 0.1) is 6.04 Å². The van der Waals surface area contributed by atoms with E-state index < -0.39 is 35.9 Å². The maximum Gasteiger partial charge on any atom is 0.326 e. The number of phenols is 1. The number of nitrogens with one attached hydrogen (secondary N) is 3. The first-order chi connectivity index (χ1) is 15.2. The first-order valence-electron chi connectivity index (χ1n) is 10.2. The van der Waals surface area contributed by atoms with Gasteiger partial charge >= 0.3 is 5.97 Å². The number of aromatic hydroxyl groups is 1. The van der Waals surface area contributed by atoms with Crippen LogP contribution in [0.15, 0.2) is 54.7 Å². The summed E-state index contributed by atoms with van der Waals surface area (Å²) in [6.07, 6.45) is 1.89. The van der Waals surface area contributed by atoms with Crippen molar-refractivity contribution in [3.05, 3.63) is 65.9 Å². The standard InChI is InChI=1S/C23H26N4O5/c1-13(24)21(29)26-19(10-14-6-8-16(28)9-7-14)22(30)27-20(23(31)32)11-15-12-25-18-5-3-2-4-17(15)18/h2-9,12-13,19-20,25,28H,10-11,24H2,1H3,(H,26,29)(H,27,30)(H,31,32)/t13-,19-,20-/m0/s1. The van der Waals surface area contributed by atoms with Gasteiger partial charge in [-0.1, -0.05) is 30.3 Å². The molecule has 1 heterocycles. The van der Waals surface area contributed by atoms with Crippen LogP contribution < -0.4 is 16.4 Å². The van der Waals surface area contributed by atoms with Crippen molar-refractivity contribution in [1.82, 2.24) is 15.6 Å². The zero-order chi connectivity index (χ0) is 23.3. The molecule has 0 saturated carbocycles. The summed E-state index contributed by atoms with van der Waals surface area (Å²) in [6.45, 7) is 1.49. The summed E-state index contributed by atoms with van der Waals surface area (Å²) in [6, 6.07) is 10.6. The Morgan fingerprint density at radius 3 is 2.28 bits per heavy atom. The fourth-order valence-corrected chi connectivity index (χ4v) is 3.37. The zero-order valence-corrected chi connectivity index (χ0v) is 17.5. The molecule has 168 valence electrons. The summed E-state index contributed by atoms with van der Waals surface area (Å²) in [5.74, 6) is -2.30. The van der Waals surface area contributed by atoms with Gasteiger partial charge in [0, 0.05) is 29.9 Å². The van der Waals surface area contributed by atoms with Gasteiger partial charge in [0.25, 0.3) is 0 Å². The highest BCUT2D eigenvalue weighted by molar-refractivity contribution is 5.92. The zero-order valence-electron chi connectivity index (χ0n) is 17.5. The van der Waals surface area contributed by atoms with Crippen molar-refractivity contribution in [3.63, 3.8) is 0 Å². The van der Waals surface area contributed by atoms with Crippen LogP contribution >= 0.6 is 0 Å². The second-order valence-corrected chi connectivity index (χ2v) is 7.68. The number of hydrogen-bond acceptors (Lipinski definition) is 5. The van der Waals surface area contributed by atoms with Crippen molar-refractivity contribution in [1.29, 1.82) is 0 Å². The number of H-pyrrole nitrogens is 1. The number of phenolic OH excluding ortho intramolecular Hbond substituents is 1. The number of nitrogens with two attached hydrogens (primary N) is 1. The van der Waals surface area contributed by atoms with E-state index in [-0.39, 0.29) is 18.6 Å². The van der Waals surface area contributed by atoms with E-state index in [0.29, 0.717) is 5.56 Å². The van der Waals surface area contributed by atoms with Gasteiger partial charge in [-0.3, -0.25) is 9.59 Å². The lowest BCUT2D eigenvalue weighted by molar-refractivity contribution is -0.142. The predicted molar refractivity (Wildman–Crippen MR) is 119 cm³/mol. The van der Waals surface area contributed by atoms with Crippen molar-refractivity contribution in [2.24, 2.45) is 5.73 Å². The van der Waals surface area contributed by atoms with Crippen LogP contribution in [0.25, 0.3) is 10.9 Å². The number of carbonyl (C=O) groups is 3. The summed E-state index contributed by atoms with van der Waals surface area (Å²) in [7, 11) is 0. The molecule has 2 amide bonds. The number of carboxylic acid groups (broad SMARTS) is 1. The minimum absolute atomic E-state index is 0.0677. The van der Waals surface area contributed by atoms with Crippen molar-refractivity contribution >= 4 is 28.7 Å². The summed E-state index contributed by atoms with van der Waals surface area (Å²) >= 11 is 0. The molecule has 0 saturated heterocycles. The first-order valence-corrected chi connectivity index (χ1v) is 10.2. The molecule has 1 aromatic heterocycles. The van der Waals surface area contributed by atoms with Gasteiger partial charge in [-0.25, -0.2) is 4.79 Å². The molecule has 0 fully saturated rings. The molecule has 0 aliphatic rings. The highest BCUT2D eigenvalue weighted by Gasteiger charge is 2.28. The smallest absolute Gasteiger partial charge is 0.326 e. The minimum atomic E-state index is -1.20. The number of fused-ring (bicyclic) bond motifs is 1. The fourth-order valence-electron chi connectivity index (χ4n) is 3.37. The van der Waals surface area contributed by atoms with E-state index in [1.807, 2.05) is 24.3 Å². The third-order valence-corrected chi connectivity index (χ3v) is 5.14. The van der Waals surface area contributed by atoms with Crippen LogP contribution in [0, 0.1) is 0 Å². The molecule has 0 spiro atoms. The van der Waals surface area contributed by atoms with Gasteiger partial charge < -0.3 is 31.6 Å². The third-order valence-electron chi connectivity index (χ3n) is 5.14. The number of aromatic nitrogens is 1. The van der Waals surface area contributed by atoms with E-state index >= 15 is 0 Å². The Bertz CT molecular complexity index is 1110. The van der Waals surface area contributed by atoms with Crippen LogP contribution in [0.5, 0.6) is 5.75 Å². The van der Waals surface area contributed by atoms with Crippen molar-refractivity contribution in [2.75, 3.05) is 0 Å². The maximum atomic E-state index is 13.0. The molecule has 32 heavy (non-hydrogen) atoms. The third kappa shape index (κ3) is 5.64. The maximum absolute atomic E-state index is 13.0. The monoisotopic (exact) mass is 438 g/mol. The molecular weight excluding hydrogens is 412 g/mol. The van der Waals surface area contributed by atoms with Crippen LogP contribution in [0.3, 0.4) is 0 Å². The lowest BCUT2D eigenvalue weighted by Crippen LogP contribution is -2.55. The Balaban J connectivity index is 1.78. The van der Waals surface area contributed by atoms with Crippen LogP contribution in [-0.2, 0) is 27.2 Å². The molecule has 9 heteroatoms. The Labute approximate surface area is 184 Å². The molecule has 0 bridgehead atoms. The Morgan fingerprint density at radius 2 is 1.62 bits per heavy atom. The van der Waals surface area contributed by atoms with Gasteiger partial charge in [-0.05, 0) is 36.2 Å². The minimum Gasteiger partial charge on any atom is -0.508 e. The normalized spacial score (nSPS) is 13.8. The molecular formula is C23H26N4O5. The second-order valence-electron chi connectivity index (χ2n) is 7.68. The Kier molecular flexibility index (Phi) is 7.11. The summed E-state index contributed by atoms with van der Waals surface area (Å²) in [4.78, 5) is 40.1. The number of amides is 2. The van der Waals surface area contributed by atoms with E-state index in [4.69, 9.17) is 5.73 Å². The number of benzene rings is 2.